The predicted molar refractivity (Wildman–Crippen MR) is 376 cm³/mol. The summed E-state index contributed by atoms with van der Waals surface area (Å²) in [6.07, 6.45) is 1.11. The molecule has 4 aromatic heterocycles. The largest absolute Gasteiger partial charge is 0.476 e. The molecule has 0 bridgehead atoms. The van der Waals surface area contributed by atoms with Gasteiger partial charge in [0, 0.05) is 72.6 Å². The van der Waals surface area contributed by atoms with Crippen LogP contribution in [0, 0.1) is 32.9 Å². The maximum atomic E-state index is 14.5. The maximum Gasteiger partial charge on any atom is 0.418 e. The second-order valence-corrected chi connectivity index (χ2v) is 23.9. The number of aromatic amines is 2. The van der Waals surface area contributed by atoms with E-state index in [1.807, 2.05) is 11.9 Å². The molecule has 5 N–H and O–H groups in total. The van der Waals surface area contributed by atoms with Crippen molar-refractivity contribution in [3.63, 3.8) is 0 Å². The third-order valence-corrected chi connectivity index (χ3v) is 17.3. The van der Waals surface area contributed by atoms with Crippen LogP contribution in [0.1, 0.15) is 97.1 Å². The van der Waals surface area contributed by atoms with E-state index in [9.17, 15) is 44.7 Å². The zero-order valence-corrected chi connectivity index (χ0v) is 58.8. The van der Waals surface area contributed by atoms with E-state index in [2.05, 4.69) is 83.9 Å². The van der Waals surface area contributed by atoms with Crippen molar-refractivity contribution in [2.24, 2.45) is 5.92 Å². The topological polar surface area (TPSA) is 236 Å². The van der Waals surface area contributed by atoms with Gasteiger partial charge in [-0.15, -0.1) is 0 Å². The first-order valence-electron chi connectivity index (χ1n) is 30.6. The highest BCUT2D eigenvalue weighted by atomic mass is 32.1. The molecule has 22 nitrogen and oxygen atoms in total. The molecule has 0 aliphatic carbocycles. The fraction of sp³-hybridized carbons (Fsp3) is 0.524. The Bertz CT molecular complexity index is 3780. The predicted octanol–water partition coefficient (Wildman–Crippen LogP) is 10.8. The number of carboxylic acid groups (broad SMARTS) is 1. The van der Waals surface area contributed by atoms with Crippen LogP contribution in [0.5, 0.6) is 12.0 Å². The summed E-state index contributed by atoms with van der Waals surface area (Å²) in [5, 5.41) is 21.9. The number of benzene rings is 2. The van der Waals surface area contributed by atoms with E-state index in [0.717, 1.165) is 49.9 Å². The van der Waals surface area contributed by atoms with Gasteiger partial charge in [-0.25, -0.2) is 22.3 Å². The average molecular weight is 1440 g/mol. The van der Waals surface area contributed by atoms with Crippen LogP contribution >= 0.6 is 54.0 Å². The van der Waals surface area contributed by atoms with Crippen LogP contribution in [0.25, 0.3) is 31.5 Å². The van der Waals surface area contributed by atoms with Crippen molar-refractivity contribution in [1.29, 1.82) is 0 Å². The van der Waals surface area contributed by atoms with Gasteiger partial charge in [-0.3, -0.25) is 15.0 Å². The second kappa shape index (κ2) is 35.8. The van der Waals surface area contributed by atoms with Crippen molar-refractivity contribution in [1.82, 2.24) is 55.0 Å². The normalized spacial score (nSPS) is 17.8. The van der Waals surface area contributed by atoms with Crippen LogP contribution < -0.4 is 29.9 Å². The number of piperazine rings is 1. The fourth-order valence-corrected chi connectivity index (χ4v) is 12.6. The van der Waals surface area contributed by atoms with Crippen molar-refractivity contribution < 1.29 is 59.3 Å². The molecule has 5 aliphatic rings. The van der Waals surface area contributed by atoms with Gasteiger partial charge in [-0.1, -0.05) is 33.4 Å². The number of likely N-dealkylation sites (N-methyl/N-ethyl adjacent to an activating group) is 2. The number of fused-ring (bicyclic) bond motifs is 4. The van der Waals surface area contributed by atoms with Crippen LogP contribution in [0.4, 0.5) is 58.1 Å². The van der Waals surface area contributed by atoms with Crippen LogP contribution in [0.15, 0.2) is 49.3 Å². The van der Waals surface area contributed by atoms with E-state index < -0.39 is 53.1 Å². The molecule has 0 spiro atoms. The van der Waals surface area contributed by atoms with E-state index in [-0.39, 0.29) is 134 Å². The number of halogens is 8. The summed E-state index contributed by atoms with van der Waals surface area (Å²) in [4.78, 5) is 58.0. The summed E-state index contributed by atoms with van der Waals surface area (Å²) in [6, 6.07) is 3.09. The first-order chi connectivity index (χ1) is 44.1. The number of aryl methyl sites for hydroxylation is 2. The van der Waals surface area contributed by atoms with Crippen LogP contribution in [0.2, 0.25) is 0 Å². The summed E-state index contributed by atoms with van der Waals surface area (Å²) in [7, 11) is 4.08. The molecule has 2 aromatic carbocycles. The molecule has 5 aliphatic heterocycles. The Balaban J connectivity index is 0.000000342. The molecule has 0 saturated carbocycles. The Morgan fingerprint density at radius 1 is 0.711 bits per heavy atom. The summed E-state index contributed by atoms with van der Waals surface area (Å²) < 4.78 is 123. The Hall–Kier alpha value is -7.50. The number of hydrogen-bond donors (Lipinski definition) is 4. The number of hydrogen-bond acceptors (Lipinski definition) is 16. The zero-order chi connectivity index (χ0) is 67.6. The highest BCUT2D eigenvalue weighted by Crippen LogP contribution is 2.46. The van der Waals surface area contributed by atoms with Gasteiger partial charge in [0.2, 0.25) is 18.9 Å². The Kier molecular flexibility index (Phi) is 30.3. The quantitative estimate of drug-likeness (QED) is 0.0425. The first-order valence-corrected chi connectivity index (χ1v) is 30.6. The number of ether oxygens (including phenoxy) is 2. The number of anilines is 4. The Morgan fingerprint density at radius 3 is 1.61 bits per heavy atom. The van der Waals surface area contributed by atoms with E-state index in [0.29, 0.717) is 102 Å². The molecule has 97 heavy (non-hydrogen) atoms. The summed E-state index contributed by atoms with van der Waals surface area (Å²) in [5.41, 5.74) is 8.95. The van der Waals surface area contributed by atoms with Gasteiger partial charge >= 0.3 is 30.3 Å². The number of amides is 1. The standard InChI is InChI=1S/C31H35F4N9O2.C22H26F3N7O.C7H13N.C3H3FO2.4H2S/c1-18-12-24-23(14-37-40-24)27(26(18)31(33,34)35)42-9-7-22-25(16-42)38-30(46-17-20-6-5-8-41(20)4)39-28(22)43-10-11-44(29(45)19(2)32)21(15-43)13-36-3;1-12-8-16-15(9-27-30-16)19(18(12)22(23,24)25)32-7-5-14-17(10-32)28-21(29-20(14)26)33-11-13-4-3-6-31(13)2;1-4-5-7(2)6-8-3;1-2(4)3(5)6;;;;/h12,14,20-21H,2,5-11,13,15-17H2,1,4H3,(H,37,40);8-9,13H,3-7,10-11H2,1-2H3,(H,27,30)(H2,26,28,29);7H,4-6H2,1-2H3;1H2,(H,5,6);4*1H2/t20-,21-;13-;7-;;;;;/m000...../s1. The summed E-state index contributed by atoms with van der Waals surface area (Å²) >= 11 is 0. The molecule has 1 amide bonds. The van der Waals surface area contributed by atoms with E-state index in [1.165, 1.54) is 56.1 Å². The van der Waals surface area contributed by atoms with Crippen molar-refractivity contribution in [3.8, 4) is 12.0 Å². The smallest absolute Gasteiger partial charge is 0.418 e. The molecule has 11 rings (SSSR count). The van der Waals surface area contributed by atoms with Crippen LogP contribution in [-0.4, -0.2) is 176 Å². The number of nitrogens with one attached hydrogen (secondary N) is 2. The van der Waals surface area contributed by atoms with Crippen molar-refractivity contribution >= 4 is 111 Å². The number of rotatable bonds is 15. The number of alkyl halides is 6. The summed E-state index contributed by atoms with van der Waals surface area (Å²) in [6.45, 7) is 31.7. The first kappa shape index (κ1) is 81.9. The molecular weight excluding hydrogens is 1360 g/mol. The SMILES string of the molecule is C=C(F)C(=O)O.Cc1cc2[nH]ncc2c(N2CCc3c(N)nc(OC[C@@H]4CCCN4C)nc3C2)c1C(F)(F)F.S.S.S.S.[C-]#[N+]C[C@@H](C)CCC.[C-]#[N+]C[C@H]1CN(c2nc(OC[C@@H]3CCCN3C)nc3c2CCN(c2c(C(F)(F)F)c(C)cc4[nH]ncc24)C3)CCN1C(=O)C(=C)F. The highest BCUT2D eigenvalue weighted by Gasteiger charge is 2.42. The monoisotopic (exact) mass is 1440 g/mol. The molecule has 0 radical (unpaired) electrons. The number of nitrogens with zero attached hydrogens (tertiary/aromatic N) is 14. The van der Waals surface area contributed by atoms with Gasteiger partial charge in [0.1, 0.15) is 30.9 Å². The lowest BCUT2D eigenvalue weighted by Crippen LogP contribution is -2.57. The number of carboxylic acids is 1. The number of aromatic nitrogens is 8. The number of carbonyl (C=O) groups excluding carboxylic acids is 1. The third-order valence-electron chi connectivity index (χ3n) is 17.3. The number of aliphatic carboxylic acids is 1. The molecule has 0 unspecified atom stereocenters. The molecule has 9 heterocycles. The summed E-state index contributed by atoms with van der Waals surface area (Å²) in [5.74, 6) is -3.38. The Morgan fingerprint density at radius 2 is 1.19 bits per heavy atom. The molecule has 34 heteroatoms. The van der Waals surface area contributed by atoms with Crippen LogP contribution in [-0.2, 0) is 47.9 Å². The number of nitrogen functional groups attached to an aromatic ring is 1. The van der Waals surface area contributed by atoms with Gasteiger partial charge in [0.05, 0.1) is 70.4 Å². The highest BCUT2D eigenvalue weighted by molar-refractivity contribution is 7.59. The van der Waals surface area contributed by atoms with Gasteiger partial charge in [0.25, 0.3) is 5.91 Å². The second-order valence-electron chi connectivity index (χ2n) is 23.9. The van der Waals surface area contributed by atoms with Gasteiger partial charge in [-0.05, 0) is 109 Å². The average Bonchev–Trinajstić information content (AvgIpc) is 1.75. The van der Waals surface area contributed by atoms with Crippen molar-refractivity contribution in [2.75, 3.05) is 107 Å². The van der Waals surface area contributed by atoms with E-state index in [1.54, 1.807) is 9.80 Å². The maximum absolute atomic E-state index is 14.5. The minimum Gasteiger partial charge on any atom is -0.476 e. The molecule has 532 valence electrons. The number of likely N-dealkylation sites (tertiary alicyclic amines) is 2. The number of carbonyl (C=O) groups is 2. The zero-order valence-electron chi connectivity index (χ0n) is 54.8. The van der Waals surface area contributed by atoms with E-state index >= 15 is 0 Å². The fourth-order valence-electron chi connectivity index (χ4n) is 12.6. The molecular formula is C63H85F8N17O5S4. The van der Waals surface area contributed by atoms with E-state index in [4.69, 9.17) is 43.4 Å². The van der Waals surface area contributed by atoms with Gasteiger partial charge < -0.3 is 59.4 Å². The van der Waals surface area contributed by atoms with Gasteiger partial charge in [-0.2, -0.15) is 115 Å². The van der Waals surface area contributed by atoms with Gasteiger partial charge in [0.15, 0.2) is 5.83 Å². The molecule has 3 saturated heterocycles. The Labute approximate surface area is 586 Å². The molecule has 3 fully saturated rings. The minimum absolute atomic E-state index is 0. The molecule has 6 aromatic rings. The lowest BCUT2D eigenvalue weighted by molar-refractivity contribution is -0.138. The lowest BCUT2D eigenvalue weighted by Gasteiger charge is -2.41. The lowest BCUT2D eigenvalue weighted by atomic mass is 9.98. The number of H-pyrrole nitrogens is 2. The van der Waals surface area contributed by atoms with Crippen molar-refractivity contribution in [2.45, 2.75) is 123 Å². The van der Waals surface area contributed by atoms with Crippen molar-refractivity contribution in [3.05, 3.63) is 117 Å². The molecule has 4 atom stereocenters. The minimum atomic E-state index is -4.59. The number of nitrogens with two attached hydrogens (primary N) is 1. The van der Waals surface area contributed by atoms with Crippen LogP contribution in [0.3, 0.4) is 0 Å². The third kappa shape index (κ3) is 19.9.